The van der Waals surface area contributed by atoms with Crippen LogP contribution in [0.1, 0.15) is 43.7 Å². The first-order valence-corrected chi connectivity index (χ1v) is 7.88. The lowest BCUT2D eigenvalue weighted by Gasteiger charge is -2.47. The number of ether oxygens (including phenoxy) is 2. The van der Waals surface area contributed by atoms with Gasteiger partial charge >= 0.3 is 0 Å². The van der Waals surface area contributed by atoms with Gasteiger partial charge in [-0.05, 0) is 49.9 Å². The highest BCUT2D eigenvalue weighted by molar-refractivity contribution is 5.44. The van der Waals surface area contributed by atoms with Crippen LogP contribution in [-0.4, -0.2) is 42.9 Å². The summed E-state index contributed by atoms with van der Waals surface area (Å²) in [4.78, 5) is 2.58. The summed E-state index contributed by atoms with van der Waals surface area (Å²) in [5, 5.41) is 10.2. The van der Waals surface area contributed by atoms with E-state index in [-0.39, 0.29) is 6.10 Å². The van der Waals surface area contributed by atoms with Gasteiger partial charge in [-0.3, -0.25) is 4.90 Å². The first-order valence-electron chi connectivity index (χ1n) is 7.88. The van der Waals surface area contributed by atoms with E-state index in [1.807, 2.05) is 6.07 Å². The number of fused-ring (bicyclic) bond motifs is 1. The minimum absolute atomic E-state index is 0.192. The average molecular weight is 291 g/mol. The van der Waals surface area contributed by atoms with Crippen LogP contribution in [0.3, 0.4) is 0 Å². The van der Waals surface area contributed by atoms with Crippen LogP contribution in [0.15, 0.2) is 18.2 Å². The standard InChI is InChI=1S/C17H25NO3/c1-20-16-7-6-12(9-17(16)21-2)15-11-14(19)10-13-5-3-4-8-18(13)15/h6-7,9,13-15,19H,3-5,8,10-11H2,1-2H3/t13-,14-,15+/m1/s1. The predicted octanol–water partition coefficient (Wildman–Crippen LogP) is 2.75. The molecule has 0 radical (unpaired) electrons. The molecule has 21 heavy (non-hydrogen) atoms. The molecule has 1 aromatic carbocycles. The smallest absolute Gasteiger partial charge is 0.161 e. The molecule has 0 aromatic heterocycles. The molecule has 3 rings (SSSR count). The third kappa shape index (κ3) is 2.87. The van der Waals surface area contributed by atoms with Crippen LogP contribution >= 0.6 is 0 Å². The van der Waals surface area contributed by atoms with Gasteiger partial charge in [-0.2, -0.15) is 0 Å². The van der Waals surface area contributed by atoms with E-state index in [0.717, 1.165) is 30.9 Å². The summed E-state index contributed by atoms with van der Waals surface area (Å²) in [6.07, 6.45) is 5.29. The van der Waals surface area contributed by atoms with Gasteiger partial charge in [0, 0.05) is 12.1 Å². The summed E-state index contributed by atoms with van der Waals surface area (Å²) >= 11 is 0. The van der Waals surface area contributed by atoms with E-state index in [2.05, 4.69) is 17.0 Å². The second-order valence-electron chi connectivity index (χ2n) is 6.14. The van der Waals surface area contributed by atoms with Crippen LogP contribution in [0.5, 0.6) is 11.5 Å². The normalized spacial score (nSPS) is 29.8. The zero-order chi connectivity index (χ0) is 14.8. The number of aliphatic hydroxyl groups excluding tert-OH is 1. The van der Waals surface area contributed by atoms with Crippen molar-refractivity contribution in [2.75, 3.05) is 20.8 Å². The molecule has 0 bridgehead atoms. The topological polar surface area (TPSA) is 41.9 Å². The van der Waals surface area contributed by atoms with Gasteiger partial charge < -0.3 is 14.6 Å². The number of benzene rings is 1. The van der Waals surface area contributed by atoms with E-state index in [1.54, 1.807) is 14.2 Å². The first-order chi connectivity index (χ1) is 10.2. The van der Waals surface area contributed by atoms with Crippen LogP contribution in [0.2, 0.25) is 0 Å². The van der Waals surface area contributed by atoms with Gasteiger partial charge in [0.15, 0.2) is 11.5 Å². The molecule has 4 heteroatoms. The molecule has 4 nitrogen and oxygen atoms in total. The lowest BCUT2D eigenvalue weighted by molar-refractivity contribution is -0.0180. The van der Waals surface area contributed by atoms with Crippen molar-refractivity contribution in [1.29, 1.82) is 0 Å². The second-order valence-corrected chi connectivity index (χ2v) is 6.14. The second kappa shape index (κ2) is 6.24. The highest BCUT2D eigenvalue weighted by Gasteiger charge is 2.37. The molecule has 1 N–H and O–H groups in total. The summed E-state index contributed by atoms with van der Waals surface area (Å²) in [7, 11) is 3.32. The van der Waals surface area contributed by atoms with Crippen LogP contribution in [-0.2, 0) is 0 Å². The molecule has 2 fully saturated rings. The molecular weight excluding hydrogens is 266 g/mol. The maximum absolute atomic E-state index is 10.2. The summed E-state index contributed by atoms with van der Waals surface area (Å²) < 4.78 is 10.7. The maximum Gasteiger partial charge on any atom is 0.161 e. The molecule has 2 aliphatic rings. The van der Waals surface area contributed by atoms with E-state index >= 15 is 0 Å². The molecule has 116 valence electrons. The largest absolute Gasteiger partial charge is 0.493 e. The van der Waals surface area contributed by atoms with Crippen molar-refractivity contribution in [2.45, 2.75) is 50.3 Å². The molecule has 2 saturated heterocycles. The quantitative estimate of drug-likeness (QED) is 0.930. The number of hydrogen-bond donors (Lipinski definition) is 1. The van der Waals surface area contributed by atoms with Crippen molar-refractivity contribution in [2.24, 2.45) is 0 Å². The Balaban J connectivity index is 1.89. The zero-order valence-corrected chi connectivity index (χ0v) is 12.9. The number of rotatable bonds is 3. The van der Waals surface area contributed by atoms with Crippen LogP contribution in [0.4, 0.5) is 0 Å². The number of hydrogen-bond acceptors (Lipinski definition) is 4. The van der Waals surface area contributed by atoms with Crippen LogP contribution in [0.25, 0.3) is 0 Å². The Morgan fingerprint density at radius 1 is 1.10 bits per heavy atom. The highest BCUT2D eigenvalue weighted by Crippen LogP contribution is 2.40. The van der Waals surface area contributed by atoms with E-state index in [9.17, 15) is 5.11 Å². The van der Waals surface area contributed by atoms with Crippen LogP contribution in [0, 0.1) is 0 Å². The third-order valence-electron chi connectivity index (χ3n) is 4.90. The fourth-order valence-electron chi connectivity index (χ4n) is 3.88. The third-order valence-corrected chi connectivity index (χ3v) is 4.90. The lowest BCUT2D eigenvalue weighted by atomic mass is 9.84. The Labute approximate surface area is 126 Å². The Hall–Kier alpha value is -1.26. The Morgan fingerprint density at radius 3 is 2.67 bits per heavy atom. The van der Waals surface area contributed by atoms with Gasteiger partial charge in [0.25, 0.3) is 0 Å². The van der Waals surface area contributed by atoms with E-state index in [1.165, 1.54) is 24.8 Å². The van der Waals surface area contributed by atoms with Crippen molar-refractivity contribution in [3.63, 3.8) is 0 Å². The molecular formula is C17H25NO3. The molecule has 2 aliphatic heterocycles. The molecule has 0 spiro atoms. The fourth-order valence-corrected chi connectivity index (χ4v) is 3.88. The molecule has 0 unspecified atom stereocenters. The Morgan fingerprint density at radius 2 is 1.90 bits per heavy atom. The van der Waals surface area contributed by atoms with Crippen molar-refractivity contribution in [3.05, 3.63) is 23.8 Å². The van der Waals surface area contributed by atoms with Crippen molar-refractivity contribution in [3.8, 4) is 11.5 Å². The molecule has 3 atom stereocenters. The van der Waals surface area contributed by atoms with E-state index in [4.69, 9.17) is 9.47 Å². The van der Waals surface area contributed by atoms with E-state index < -0.39 is 0 Å². The number of nitrogens with zero attached hydrogens (tertiary/aromatic N) is 1. The maximum atomic E-state index is 10.2. The number of methoxy groups -OCH3 is 2. The minimum atomic E-state index is -0.192. The van der Waals surface area contributed by atoms with Gasteiger partial charge in [0.1, 0.15) is 0 Å². The Kier molecular flexibility index (Phi) is 4.36. The molecule has 0 aliphatic carbocycles. The average Bonchev–Trinajstić information content (AvgIpc) is 2.53. The van der Waals surface area contributed by atoms with Gasteiger partial charge in [0.05, 0.1) is 20.3 Å². The number of aliphatic hydroxyl groups is 1. The zero-order valence-electron chi connectivity index (χ0n) is 12.9. The molecule has 2 heterocycles. The summed E-state index contributed by atoms with van der Waals surface area (Å²) in [5.74, 6) is 1.52. The monoisotopic (exact) mass is 291 g/mol. The first kappa shape index (κ1) is 14.7. The minimum Gasteiger partial charge on any atom is -0.493 e. The fraction of sp³-hybridized carbons (Fsp3) is 0.647. The highest BCUT2D eigenvalue weighted by atomic mass is 16.5. The molecule has 1 aromatic rings. The van der Waals surface area contributed by atoms with Crippen molar-refractivity contribution < 1.29 is 14.6 Å². The molecule has 0 saturated carbocycles. The van der Waals surface area contributed by atoms with Crippen molar-refractivity contribution >= 4 is 0 Å². The van der Waals surface area contributed by atoms with E-state index in [0.29, 0.717) is 12.1 Å². The van der Waals surface area contributed by atoms with Gasteiger partial charge in [-0.15, -0.1) is 0 Å². The van der Waals surface area contributed by atoms with Gasteiger partial charge in [-0.25, -0.2) is 0 Å². The summed E-state index contributed by atoms with van der Waals surface area (Å²) in [5.41, 5.74) is 1.22. The number of piperidine rings is 2. The van der Waals surface area contributed by atoms with Crippen molar-refractivity contribution in [1.82, 2.24) is 4.90 Å². The lowest BCUT2D eigenvalue weighted by Crippen LogP contribution is -2.48. The summed E-state index contributed by atoms with van der Waals surface area (Å²) in [6.45, 7) is 1.14. The van der Waals surface area contributed by atoms with Crippen LogP contribution < -0.4 is 9.47 Å². The molecule has 0 amide bonds. The predicted molar refractivity (Wildman–Crippen MR) is 81.9 cm³/mol. The Bertz CT molecular complexity index is 491. The SMILES string of the molecule is COc1ccc([C@@H]2C[C@H](O)C[C@H]3CCCCN32)cc1OC. The van der Waals surface area contributed by atoms with Gasteiger partial charge in [-0.1, -0.05) is 12.5 Å². The summed E-state index contributed by atoms with van der Waals surface area (Å²) in [6, 6.07) is 6.95. The van der Waals surface area contributed by atoms with Gasteiger partial charge in [0.2, 0.25) is 0 Å².